The van der Waals surface area contributed by atoms with E-state index in [-0.39, 0.29) is 18.0 Å². The molecule has 7 heteroatoms. The standard InChI is InChI=1S/C26H27N3O3S/c1-5-29(20-9-7-8-17(3)14-20)22(30)15-28-16-27-25-24(26(28)31)23(18(4)33-25)19-10-12-21(13-11-19)32-6-2/h7-14,16H,5-6,15H2,1-4H3. The van der Waals surface area contributed by atoms with Gasteiger partial charge in [0.05, 0.1) is 18.3 Å². The molecule has 0 saturated carbocycles. The zero-order valence-electron chi connectivity index (χ0n) is 19.3. The largest absolute Gasteiger partial charge is 0.494 e. The van der Waals surface area contributed by atoms with E-state index in [0.717, 1.165) is 33.0 Å². The van der Waals surface area contributed by atoms with Gasteiger partial charge in [-0.05, 0) is 63.1 Å². The monoisotopic (exact) mass is 461 g/mol. The Labute approximate surface area is 197 Å². The summed E-state index contributed by atoms with van der Waals surface area (Å²) < 4.78 is 6.95. The smallest absolute Gasteiger partial charge is 0.263 e. The number of benzene rings is 2. The van der Waals surface area contributed by atoms with Crippen LogP contribution in [0.4, 0.5) is 5.69 Å². The molecule has 0 aliphatic heterocycles. The SMILES string of the molecule is CCOc1ccc(-c2c(C)sc3ncn(CC(=O)N(CC)c4cccc(C)c4)c(=O)c23)cc1. The summed E-state index contributed by atoms with van der Waals surface area (Å²) in [5, 5.41) is 0.551. The van der Waals surface area contributed by atoms with Crippen LogP contribution in [0.1, 0.15) is 24.3 Å². The molecule has 170 valence electrons. The van der Waals surface area contributed by atoms with Gasteiger partial charge in [-0.2, -0.15) is 0 Å². The maximum Gasteiger partial charge on any atom is 0.263 e. The van der Waals surface area contributed by atoms with Crippen molar-refractivity contribution in [3.63, 3.8) is 0 Å². The second-order valence-corrected chi connectivity index (χ2v) is 9.03. The molecule has 4 rings (SSSR count). The van der Waals surface area contributed by atoms with E-state index in [1.54, 1.807) is 4.90 Å². The van der Waals surface area contributed by atoms with E-state index in [1.807, 2.05) is 76.2 Å². The fourth-order valence-electron chi connectivity index (χ4n) is 4.01. The minimum absolute atomic E-state index is 0.0683. The molecule has 0 aliphatic carbocycles. The van der Waals surface area contributed by atoms with E-state index < -0.39 is 0 Å². The average Bonchev–Trinajstić information content (AvgIpc) is 3.14. The lowest BCUT2D eigenvalue weighted by molar-refractivity contribution is -0.119. The molecule has 0 saturated heterocycles. The molecule has 0 fully saturated rings. The number of ether oxygens (including phenoxy) is 1. The first-order valence-corrected chi connectivity index (χ1v) is 11.8. The molecule has 33 heavy (non-hydrogen) atoms. The van der Waals surface area contributed by atoms with Crippen LogP contribution in [-0.4, -0.2) is 28.6 Å². The normalized spacial score (nSPS) is 11.0. The molecule has 0 radical (unpaired) electrons. The molecule has 0 bridgehead atoms. The molecule has 1 amide bonds. The van der Waals surface area contributed by atoms with Crippen LogP contribution in [0.5, 0.6) is 5.75 Å². The highest BCUT2D eigenvalue weighted by atomic mass is 32.1. The van der Waals surface area contributed by atoms with Crippen molar-refractivity contribution in [2.45, 2.75) is 34.2 Å². The second-order valence-electron chi connectivity index (χ2n) is 7.83. The minimum atomic E-state index is -0.207. The summed E-state index contributed by atoms with van der Waals surface area (Å²) in [6, 6.07) is 15.5. The molecule has 2 heterocycles. The van der Waals surface area contributed by atoms with Gasteiger partial charge in [0.25, 0.3) is 5.56 Å². The van der Waals surface area contributed by atoms with Gasteiger partial charge >= 0.3 is 0 Å². The van der Waals surface area contributed by atoms with Crippen molar-refractivity contribution in [2.24, 2.45) is 0 Å². The number of hydrogen-bond donors (Lipinski definition) is 0. The number of fused-ring (bicyclic) bond motifs is 1. The molecule has 2 aromatic heterocycles. The first-order chi connectivity index (χ1) is 15.9. The van der Waals surface area contributed by atoms with Crippen LogP contribution in [0.15, 0.2) is 59.7 Å². The predicted octanol–water partition coefficient (Wildman–Crippen LogP) is 5.19. The Balaban J connectivity index is 1.71. The number of nitrogens with zero attached hydrogens (tertiary/aromatic N) is 3. The molecule has 0 aliphatic rings. The first-order valence-electron chi connectivity index (χ1n) is 11.0. The van der Waals surface area contributed by atoms with Crippen molar-refractivity contribution in [1.82, 2.24) is 9.55 Å². The van der Waals surface area contributed by atoms with Crippen LogP contribution in [0.2, 0.25) is 0 Å². The number of aromatic nitrogens is 2. The van der Waals surface area contributed by atoms with Crippen LogP contribution in [0, 0.1) is 13.8 Å². The third kappa shape index (κ3) is 4.54. The Morgan fingerprint density at radius 2 is 1.88 bits per heavy atom. The Kier molecular flexibility index (Phi) is 6.60. The van der Waals surface area contributed by atoms with Crippen molar-refractivity contribution in [2.75, 3.05) is 18.1 Å². The number of carbonyl (C=O) groups is 1. The lowest BCUT2D eigenvalue weighted by Crippen LogP contribution is -2.36. The van der Waals surface area contributed by atoms with Gasteiger partial charge in [0, 0.05) is 22.7 Å². The zero-order chi connectivity index (χ0) is 23.5. The summed E-state index contributed by atoms with van der Waals surface area (Å²) >= 11 is 1.49. The maximum absolute atomic E-state index is 13.5. The number of anilines is 1. The molecule has 0 spiro atoms. The number of amides is 1. The summed E-state index contributed by atoms with van der Waals surface area (Å²) in [5.74, 6) is 0.635. The van der Waals surface area contributed by atoms with Crippen LogP contribution in [-0.2, 0) is 11.3 Å². The summed E-state index contributed by atoms with van der Waals surface area (Å²) in [6.07, 6.45) is 1.48. The highest BCUT2D eigenvalue weighted by Gasteiger charge is 2.20. The van der Waals surface area contributed by atoms with Crippen LogP contribution < -0.4 is 15.2 Å². The highest BCUT2D eigenvalue weighted by molar-refractivity contribution is 7.19. The van der Waals surface area contributed by atoms with Crippen molar-refractivity contribution in [3.8, 4) is 16.9 Å². The van der Waals surface area contributed by atoms with E-state index in [9.17, 15) is 9.59 Å². The quantitative estimate of drug-likeness (QED) is 0.380. The van der Waals surface area contributed by atoms with E-state index in [0.29, 0.717) is 23.4 Å². The van der Waals surface area contributed by atoms with E-state index in [4.69, 9.17) is 4.74 Å². The van der Waals surface area contributed by atoms with Crippen LogP contribution in [0.25, 0.3) is 21.3 Å². The molecule has 0 unspecified atom stereocenters. The molecule has 6 nitrogen and oxygen atoms in total. The third-order valence-electron chi connectivity index (χ3n) is 5.55. The van der Waals surface area contributed by atoms with E-state index in [1.165, 1.54) is 22.2 Å². The third-order valence-corrected chi connectivity index (χ3v) is 6.56. The van der Waals surface area contributed by atoms with Crippen molar-refractivity contribution in [3.05, 3.63) is 75.7 Å². The zero-order valence-corrected chi connectivity index (χ0v) is 20.1. The molecular weight excluding hydrogens is 434 g/mol. The number of likely N-dealkylation sites (N-methyl/N-ethyl adjacent to an activating group) is 1. The van der Waals surface area contributed by atoms with Gasteiger partial charge in [-0.25, -0.2) is 4.98 Å². The molecule has 0 atom stereocenters. The topological polar surface area (TPSA) is 64.4 Å². The Bertz CT molecular complexity index is 1360. The van der Waals surface area contributed by atoms with Gasteiger partial charge in [0.2, 0.25) is 5.91 Å². The van der Waals surface area contributed by atoms with E-state index >= 15 is 0 Å². The molecular formula is C26H27N3O3S. The van der Waals surface area contributed by atoms with Crippen molar-refractivity contribution < 1.29 is 9.53 Å². The van der Waals surface area contributed by atoms with Crippen molar-refractivity contribution >= 4 is 33.1 Å². The fourth-order valence-corrected chi connectivity index (χ4v) is 5.02. The summed E-state index contributed by atoms with van der Waals surface area (Å²) in [6.45, 7) is 8.90. The first kappa shape index (κ1) is 22.7. The van der Waals surface area contributed by atoms with Gasteiger partial charge in [-0.1, -0.05) is 24.3 Å². The lowest BCUT2D eigenvalue weighted by Gasteiger charge is -2.22. The predicted molar refractivity (Wildman–Crippen MR) is 134 cm³/mol. The van der Waals surface area contributed by atoms with Gasteiger partial charge in [0.15, 0.2) is 0 Å². The minimum Gasteiger partial charge on any atom is -0.494 e. The van der Waals surface area contributed by atoms with Gasteiger partial charge in [0.1, 0.15) is 17.1 Å². The number of thiophene rings is 1. The van der Waals surface area contributed by atoms with Crippen LogP contribution >= 0.6 is 11.3 Å². The van der Waals surface area contributed by atoms with Crippen molar-refractivity contribution in [1.29, 1.82) is 0 Å². The van der Waals surface area contributed by atoms with E-state index in [2.05, 4.69) is 4.98 Å². The fraction of sp³-hybridized carbons (Fsp3) is 0.269. The average molecular weight is 462 g/mol. The van der Waals surface area contributed by atoms with Gasteiger partial charge < -0.3 is 9.64 Å². The molecule has 4 aromatic rings. The summed E-state index contributed by atoms with van der Waals surface area (Å²) in [7, 11) is 0. The molecule has 0 N–H and O–H groups in total. The number of hydrogen-bond acceptors (Lipinski definition) is 5. The summed E-state index contributed by atoms with van der Waals surface area (Å²) in [5.41, 5.74) is 3.49. The second kappa shape index (κ2) is 9.58. The maximum atomic E-state index is 13.5. The Morgan fingerprint density at radius 1 is 1.12 bits per heavy atom. The Hall–Kier alpha value is -3.45. The summed E-state index contributed by atoms with van der Waals surface area (Å²) in [4.78, 5) is 34.5. The van der Waals surface area contributed by atoms with Gasteiger partial charge in [-0.15, -0.1) is 11.3 Å². The Morgan fingerprint density at radius 3 is 2.55 bits per heavy atom. The highest BCUT2D eigenvalue weighted by Crippen LogP contribution is 2.36. The molecule has 2 aromatic carbocycles. The number of aryl methyl sites for hydroxylation is 2. The number of rotatable bonds is 7. The lowest BCUT2D eigenvalue weighted by atomic mass is 10.0. The van der Waals surface area contributed by atoms with Crippen LogP contribution in [0.3, 0.4) is 0 Å². The number of carbonyl (C=O) groups excluding carboxylic acids is 1. The van der Waals surface area contributed by atoms with Gasteiger partial charge in [-0.3, -0.25) is 14.2 Å².